The summed E-state index contributed by atoms with van der Waals surface area (Å²) in [5.74, 6) is 2.92. The molecular weight excluding hydrogens is 420 g/mol. The van der Waals surface area contributed by atoms with E-state index in [4.69, 9.17) is 9.47 Å². The quantitative estimate of drug-likeness (QED) is 0.480. The van der Waals surface area contributed by atoms with Crippen molar-refractivity contribution in [3.63, 3.8) is 0 Å². The Balaban J connectivity index is 1.29. The first-order valence-electron chi connectivity index (χ1n) is 13.0. The van der Waals surface area contributed by atoms with Crippen molar-refractivity contribution in [2.75, 3.05) is 6.61 Å². The van der Waals surface area contributed by atoms with Crippen LogP contribution >= 0.6 is 0 Å². The first kappa shape index (κ1) is 24.0. The highest BCUT2D eigenvalue weighted by Gasteiger charge is 2.58. The number of hydrogen-bond donors (Lipinski definition) is 4. The maximum absolute atomic E-state index is 10.4. The third-order valence-corrected chi connectivity index (χ3v) is 10.6. The molecule has 0 aromatic heterocycles. The molecule has 6 heteroatoms. The number of aliphatic hydroxyl groups is 4. The monoisotopic (exact) mass is 462 g/mol. The Kier molecular flexibility index (Phi) is 6.33. The van der Waals surface area contributed by atoms with Crippen LogP contribution in [0.15, 0.2) is 24.3 Å². The molecule has 186 valence electrons. The molecule has 0 radical (unpaired) electrons. The van der Waals surface area contributed by atoms with E-state index in [9.17, 15) is 20.4 Å². The SMILES string of the molecule is C=C[C@H]1CC[C@H]2[C@@H]3CC=C4CC(O[C@@H]5O[C@H](CO)[C@H](O)[C@H](O)[C@H]5O)CC[C@]4(C)[C@H]3CC[C@]12C. The van der Waals surface area contributed by atoms with Crippen LogP contribution < -0.4 is 0 Å². The van der Waals surface area contributed by atoms with Crippen LogP contribution in [0.5, 0.6) is 0 Å². The Labute approximate surface area is 197 Å². The zero-order valence-electron chi connectivity index (χ0n) is 20.1. The average Bonchev–Trinajstić information content (AvgIpc) is 3.16. The van der Waals surface area contributed by atoms with E-state index in [1.165, 1.54) is 31.3 Å². The van der Waals surface area contributed by atoms with Crippen LogP contribution in [0.4, 0.5) is 0 Å². The molecule has 0 amide bonds. The molecule has 0 bridgehead atoms. The standard InChI is InChI=1S/C27H42O6/c1-4-15-6-8-19-18-7-5-16-13-17(9-11-27(16,3)20(18)10-12-26(15,19)2)32-25-24(31)23(30)22(29)21(14-28)33-25/h4-5,15,17-25,28-31H,1,6-14H2,2-3H3/t15-,17?,18-,19-,20-,21+,22-,23-,24+,25+,26+,27-/m0/s1. The van der Waals surface area contributed by atoms with Gasteiger partial charge >= 0.3 is 0 Å². The summed E-state index contributed by atoms with van der Waals surface area (Å²) in [6, 6.07) is 0. The van der Waals surface area contributed by atoms with Gasteiger partial charge in [-0.25, -0.2) is 0 Å². The number of aliphatic hydroxyl groups excluding tert-OH is 4. The van der Waals surface area contributed by atoms with E-state index in [0.29, 0.717) is 17.3 Å². The molecule has 0 spiro atoms. The number of allylic oxidation sites excluding steroid dienone is 2. The lowest BCUT2D eigenvalue weighted by Crippen LogP contribution is -2.60. The summed E-state index contributed by atoms with van der Waals surface area (Å²) in [5.41, 5.74) is 2.09. The van der Waals surface area contributed by atoms with Crippen LogP contribution in [0.2, 0.25) is 0 Å². The Hall–Kier alpha value is -0.760. The fourth-order valence-electron chi connectivity index (χ4n) is 8.54. The van der Waals surface area contributed by atoms with Crippen molar-refractivity contribution in [3.8, 4) is 0 Å². The van der Waals surface area contributed by atoms with Crippen LogP contribution in [0.3, 0.4) is 0 Å². The minimum Gasteiger partial charge on any atom is -0.394 e. The van der Waals surface area contributed by atoms with Crippen LogP contribution in [-0.4, -0.2) is 63.8 Å². The normalized spacial score (nSPS) is 54.1. The van der Waals surface area contributed by atoms with Gasteiger partial charge in [-0.15, -0.1) is 6.58 Å². The summed E-state index contributed by atoms with van der Waals surface area (Å²) in [6.07, 6.45) is 7.62. The molecule has 12 atom stereocenters. The van der Waals surface area contributed by atoms with E-state index in [1.807, 2.05) is 0 Å². The van der Waals surface area contributed by atoms with E-state index < -0.39 is 37.3 Å². The molecule has 6 nitrogen and oxygen atoms in total. The zero-order valence-corrected chi connectivity index (χ0v) is 20.1. The molecule has 4 aliphatic carbocycles. The Morgan fingerprint density at radius 1 is 1.06 bits per heavy atom. The molecular formula is C27H42O6. The smallest absolute Gasteiger partial charge is 0.186 e. The van der Waals surface area contributed by atoms with E-state index in [-0.39, 0.29) is 11.5 Å². The minimum absolute atomic E-state index is 0.104. The molecule has 4 fully saturated rings. The fourth-order valence-corrected chi connectivity index (χ4v) is 8.54. The van der Waals surface area contributed by atoms with Gasteiger partial charge in [0.15, 0.2) is 6.29 Å². The van der Waals surface area contributed by atoms with Crippen LogP contribution in [0.1, 0.15) is 65.2 Å². The zero-order chi connectivity index (χ0) is 23.5. The fraction of sp³-hybridized carbons (Fsp3) is 0.852. The highest BCUT2D eigenvalue weighted by Crippen LogP contribution is 2.66. The van der Waals surface area contributed by atoms with Gasteiger partial charge in [-0.05, 0) is 85.9 Å². The molecule has 1 unspecified atom stereocenters. The maximum atomic E-state index is 10.4. The van der Waals surface area contributed by atoms with Crippen molar-refractivity contribution >= 4 is 0 Å². The van der Waals surface area contributed by atoms with Gasteiger partial charge in [-0.1, -0.05) is 31.6 Å². The van der Waals surface area contributed by atoms with Gasteiger partial charge in [0.2, 0.25) is 0 Å². The van der Waals surface area contributed by atoms with E-state index in [1.54, 1.807) is 0 Å². The van der Waals surface area contributed by atoms with Crippen molar-refractivity contribution in [3.05, 3.63) is 24.3 Å². The molecule has 1 heterocycles. The maximum Gasteiger partial charge on any atom is 0.186 e. The highest BCUT2D eigenvalue weighted by molar-refractivity contribution is 5.25. The van der Waals surface area contributed by atoms with Crippen LogP contribution in [0.25, 0.3) is 0 Å². The van der Waals surface area contributed by atoms with Crippen molar-refractivity contribution in [2.45, 2.75) is 102 Å². The average molecular weight is 463 g/mol. The Bertz CT molecular complexity index is 781. The van der Waals surface area contributed by atoms with Crippen molar-refractivity contribution < 1.29 is 29.9 Å². The molecule has 0 aromatic carbocycles. The summed E-state index contributed by atoms with van der Waals surface area (Å²) >= 11 is 0. The second-order valence-corrected chi connectivity index (χ2v) is 11.9. The summed E-state index contributed by atoms with van der Waals surface area (Å²) in [5, 5.41) is 40.0. The predicted octanol–water partition coefficient (Wildman–Crippen LogP) is 2.94. The molecule has 1 saturated heterocycles. The van der Waals surface area contributed by atoms with Crippen molar-refractivity contribution in [1.29, 1.82) is 0 Å². The molecule has 0 aromatic rings. The lowest BCUT2D eigenvalue weighted by atomic mass is 9.47. The Morgan fingerprint density at radius 3 is 2.58 bits per heavy atom. The lowest BCUT2D eigenvalue weighted by molar-refractivity contribution is -0.313. The van der Waals surface area contributed by atoms with Crippen LogP contribution in [0, 0.1) is 34.5 Å². The molecule has 4 N–H and O–H groups in total. The van der Waals surface area contributed by atoms with Gasteiger partial charge in [0.25, 0.3) is 0 Å². The topological polar surface area (TPSA) is 99.4 Å². The van der Waals surface area contributed by atoms with E-state index in [2.05, 4.69) is 32.6 Å². The van der Waals surface area contributed by atoms with Gasteiger partial charge in [-0.2, -0.15) is 0 Å². The van der Waals surface area contributed by atoms with Gasteiger partial charge < -0.3 is 29.9 Å². The van der Waals surface area contributed by atoms with Gasteiger partial charge in [0.1, 0.15) is 24.4 Å². The lowest BCUT2D eigenvalue weighted by Gasteiger charge is -2.58. The third-order valence-electron chi connectivity index (χ3n) is 10.6. The third kappa shape index (κ3) is 3.68. The van der Waals surface area contributed by atoms with E-state index >= 15 is 0 Å². The number of rotatable bonds is 4. The van der Waals surface area contributed by atoms with Crippen molar-refractivity contribution in [2.24, 2.45) is 34.5 Å². The molecule has 3 saturated carbocycles. The summed E-state index contributed by atoms with van der Waals surface area (Å²) in [7, 11) is 0. The van der Waals surface area contributed by atoms with Crippen molar-refractivity contribution in [1.82, 2.24) is 0 Å². The van der Waals surface area contributed by atoms with Crippen LogP contribution in [-0.2, 0) is 9.47 Å². The molecule has 5 rings (SSSR count). The second kappa shape index (κ2) is 8.72. The first-order chi connectivity index (χ1) is 15.7. The second-order valence-electron chi connectivity index (χ2n) is 11.9. The highest BCUT2D eigenvalue weighted by atomic mass is 16.7. The predicted molar refractivity (Wildman–Crippen MR) is 124 cm³/mol. The summed E-state index contributed by atoms with van der Waals surface area (Å²) in [6.45, 7) is 8.68. The Morgan fingerprint density at radius 2 is 1.85 bits per heavy atom. The number of ether oxygens (including phenoxy) is 2. The van der Waals surface area contributed by atoms with Gasteiger partial charge in [0, 0.05) is 0 Å². The molecule has 5 aliphatic rings. The van der Waals surface area contributed by atoms with Gasteiger partial charge in [-0.3, -0.25) is 0 Å². The largest absolute Gasteiger partial charge is 0.394 e. The van der Waals surface area contributed by atoms with Gasteiger partial charge in [0.05, 0.1) is 12.7 Å². The minimum atomic E-state index is -1.40. The summed E-state index contributed by atoms with van der Waals surface area (Å²) in [4.78, 5) is 0. The first-order valence-corrected chi connectivity index (χ1v) is 13.0. The summed E-state index contributed by atoms with van der Waals surface area (Å²) < 4.78 is 11.7. The number of fused-ring (bicyclic) bond motifs is 5. The molecule has 33 heavy (non-hydrogen) atoms. The molecule has 1 aliphatic heterocycles. The number of hydrogen-bond acceptors (Lipinski definition) is 6. The van der Waals surface area contributed by atoms with E-state index in [0.717, 1.165) is 37.5 Å².